The number of hydrogen-bond donors (Lipinski definition) is 1. The van der Waals surface area contributed by atoms with Crippen molar-refractivity contribution >= 4 is 29.2 Å². The van der Waals surface area contributed by atoms with Crippen molar-refractivity contribution in [2.75, 3.05) is 7.11 Å². The van der Waals surface area contributed by atoms with Crippen molar-refractivity contribution in [3.63, 3.8) is 0 Å². The Bertz CT molecular complexity index is 889. The van der Waals surface area contributed by atoms with E-state index in [1.165, 1.54) is 16.9 Å². The Kier molecular flexibility index (Phi) is 4.03. The van der Waals surface area contributed by atoms with Crippen LogP contribution >= 0.6 is 11.3 Å². The van der Waals surface area contributed by atoms with Gasteiger partial charge in [0.25, 0.3) is 5.91 Å². The molecule has 4 rings (SSSR count). The highest BCUT2D eigenvalue weighted by atomic mass is 32.1. The number of amides is 3. The topological polar surface area (TPSA) is 75.7 Å². The second-order valence-electron chi connectivity index (χ2n) is 6.53. The highest BCUT2D eigenvalue weighted by Gasteiger charge is 2.54. The first-order valence-electron chi connectivity index (χ1n) is 8.43. The zero-order chi connectivity index (χ0) is 18.3. The molecule has 134 valence electrons. The molecule has 2 aliphatic rings. The molecule has 1 atom stereocenters. The molecular weight excluding hydrogens is 352 g/mol. The maximum atomic E-state index is 13.2. The molecule has 1 spiro atoms. The van der Waals surface area contributed by atoms with Crippen LogP contribution in [0.5, 0.6) is 0 Å². The van der Waals surface area contributed by atoms with Crippen LogP contribution in [0.1, 0.15) is 39.2 Å². The molecule has 1 aromatic heterocycles. The van der Waals surface area contributed by atoms with Crippen molar-refractivity contribution in [3.05, 3.63) is 57.3 Å². The molecule has 1 aromatic carbocycles. The third-order valence-electron chi connectivity index (χ3n) is 5.05. The van der Waals surface area contributed by atoms with Crippen molar-refractivity contribution < 1.29 is 19.1 Å². The first-order valence-corrected chi connectivity index (χ1v) is 9.31. The van der Waals surface area contributed by atoms with Crippen LogP contribution in [0, 0.1) is 0 Å². The van der Waals surface area contributed by atoms with Crippen molar-refractivity contribution in [2.24, 2.45) is 0 Å². The Morgan fingerprint density at radius 2 is 2.04 bits per heavy atom. The van der Waals surface area contributed by atoms with E-state index in [4.69, 9.17) is 0 Å². The third-order valence-corrected chi connectivity index (χ3v) is 6.03. The van der Waals surface area contributed by atoms with Crippen molar-refractivity contribution in [2.45, 2.75) is 31.3 Å². The fraction of sp³-hybridized carbons (Fsp3) is 0.316. The summed E-state index contributed by atoms with van der Waals surface area (Å²) in [6.45, 7) is 0.174. The highest BCUT2D eigenvalue weighted by molar-refractivity contribution is 7.10. The second kappa shape index (κ2) is 6.25. The van der Waals surface area contributed by atoms with Gasteiger partial charge < -0.3 is 10.1 Å². The number of aryl methyl sites for hydroxylation is 1. The molecule has 1 aliphatic carbocycles. The van der Waals surface area contributed by atoms with E-state index < -0.39 is 11.5 Å². The van der Waals surface area contributed by atoms with Gasteiger partial charge in [0.2, 0.25) is 0 Å². The van der Waals surface area contributed by atoms with Gasteiger partial charge in [-0.25, -0.2) is 9.59 Å². The summed E-state index contributed by atoms with van der Waals surface area (Å²) in [5, 5.41) is 4.92. The lowest BCUT2D eigenvalue weighted by molar-refractivity contribution is -0.132. The van der Waals surface area contributed by atoms with E-state index in [0.717, 1.165) is 24.0 Å². The molecule has 2 aromatic rings. The van der Waals surface area contributed by atoms with Gasteiger partial charge in [-0.15, -0.1) is 11.3 Å². The van der Waals surface area contributed by atoms with Gasteiger partial charge in [0, 0.05) is 10.4 Å². The molecule has 0 radical (unpaired) electrons. The number of thiophene rings is 1. The zero-order valence-corrected chi connectivity index (χ0v) is 15.1. The number of carbonyl (C=O) groups excluding carboxylic acids is 3. The lowest BCUT2D eigenvalue weighted by Gasteiger charge is -2.31. The minimum absolute atomic E-state index is 0.174. The van der Waals surface area contributed by atoms with E-state index in [2.05, 4.69) is 10.1 Å². The molecule has 3 amide bonds. The summed E-state index contributed by atoms with van der Waals surface area (Å²) >= 11 is 1.64. The number of benzene rings is 1. The summed E-state index contributed by atoms with van der Waals surface area (Å²) < 4.78 is 4.68. The molecule has 26 heavy (non-hydrogen) atoms. The number of esters is 1. The average Bonchev–Trinajstić information content (AvgIpc) is 3.22. The van der Waals surface area contributed by atoms with Crippen molar-refractivity contribution in [3.8, 4) is 0 Å². The molecule has 1 N–H and O–H groups in total. The van der Waals surface area contributed by atoms with Crippen LogP contribution in [0.4, 0.5) is 4.79 Å². The minimum Gasteiger partial charge on any atom is -0.465 e. The Balaban J connectivity index is 1.59. The van der Waals surface area contributed by atoms with Gasteiger partial charge in [-0.3, -0.25) is 9.69 Å². The molecule has 1 aliphatic heterocycles. The zero-order valence-electron chi connectivity index (χ0n) is 14.3. The molecule has 6 nitrogen and oxygen atoms in total. The first kappa shape index (κ1) is 16.8. The summed E-state index contributed by atoms with van der Waals surface area (Å²) in [4.78, 5) is 39.6. The summed E-state index contributed by atoms with van der Waals surface area (Å²) in [7, 11) is 1.33. The number of ether oxygens (including phenoxy) is 1. The Labute approximate surface area is 154 Å². The van der Waals surface area contributed by atoms with Crippen LogP contribution in [0.2, 0.25) is 0 Å². The van der Waals surface area contributed by atoms with Gasteiger partial charge >= 0.3 is 12.0 Å². The highest BCUT2D eigenvalue weighted by Crippen LogP contribution is 2.42. The van der Waals surface area contributed by atoms with Gasteiger partial charge in [0.05, 0.1) is 19.2 Å². The van der Waals surface area contributed by atoms with E-state index in [0.29, 0.717) is 12.0 Å². The van der Waals surface area contributed by atoms with Crippen LogP contribution in [-0.4, -0.2) is 29.9 Å². The van der Waals surface area contributed by atoms with E-state index in [-0.39, 0.29) is 18.5 Å². The molecule has 0 saturated carbocycles. The molecule has 7 heteroatoms. The number of methoxy groups -OCH3 is 1. The maximum absolute atomic E-state index is 13.2. The maximum Gasteiger partial charge on any atom is 0.337 e. The molecule has 0 bridgehead atoms. The van der Waals surface area contributed by atoms with Crippen molar-refractivity contribution in [1.29, 1.82) is 0 Å². The first-order chi connectivity index (χ1) is 12.5. The van der Waals surface area contributed by atoms with E-state index in [1.807, 2.05) is 11.4 Å². The van der Waals surface area contributed by atoms with Crippen molar-refractivity contribution in [1.82, 2.24) is 10.2 Å². The molecule has 2 heterocycles. The number of fused-ring (bicyclic) bond motifs is 2. The SMILES string of the molecule is COC(=O)c1ccc(CN2C(=O)N[C@@]3(CCCc4sccc43)C2=O)cc1. The molecule has 1 fully saturated rings. The summed E-state index contributed by atoms with van der Waals surface area (Å²) in [5.74, 6) is -0.614. The lowest BCUT2D eigenvalue weighted by atomic mass is 9.80. The molecule has 1 saturated heterocycles. The van der Waals surface area contributed by atoms with Crippen LogP contribution < -0.4 is 5.32 Å². The Hall–Kier alpha value is -2.67. The number of hydrogen-bond acceptors (Lipinski definition) is 5. The second-order valence-corrected chi connectivity index (χ2v) is 7.53. The number of urea groups is 1. The lowest BCUT2D eigenvalue weighted by Crippen LogP contribution is -2.46. The summed E-state index contributed by atoms with van der Waals surface area (Å²) in [6.07, 6.45) is 2.45. The largest absolute Gasteiger partial charge is 0.465 e. The Morgan fingerprint density at radius 3 is 2.77 bits per heavy atom. The number of carbonyl (C=O) groups is 3. The predicted molar refractivity (Wildman–Crippen MR) is 95.8 cm³/mol. The number of imide groups is 1. The van der Waals surface area contributed by atoms with E-state index in [9.17, 15) is 14.4 Å². The smallest absolute Gasteiger partial charge is 0.337 e. The molecular formula is C19H18N2O4S. The van der Waals surface area contributed by atoms with Crippen LogP contribution in [-0.2, 0) is 28.0 Å². The fourth-order valence-corrected chi connectivity index (χ4v) is 4.73. The number of rotatable bonds is 3. The quantitative estimate of drug-likeness (QED) is 0.666. The predicted octanol–water partition coefficient (Wildman–Crippen LogP) is 2.82. The van der Waals surface area contributed by atoms with Gasteiger partial charge in [0.1, 0.15) is 5.54 Å². The fourth-order valence-electron chi connectivity index (χ4n) is 3.73. The Morgan fingerprint density at radius 1 is 1.27 bits per heavy atom. The van der Waals surface area contributed by atoms with Crippen LogP contribution in [0.25, 0.3) is 0 Å². The molecule has 0 unspecified atom stereocenters. The van der Waals surface area contributed by atoms with Crippen LogP contribution in [0.15, 0.2) is 35.7 Å². The number of nitrogens with one attached hydrogen (secondary N) is 1. The third kappa shape index (κ3) is 2.50. The monoisotopic (exact) mass is 370 g/mol. The number of nitrogens with zero attached hydrogens (tertiary/aromatic N) is 1. The standard InChI is InChI=1S/C19H18N2O4S/c1-25-16(22)13-6-4-12(5-7-13)11-21-17(23)19(20-18(21)24)9-2-3-15-14(19)8-10-26-15/h4-8,10H,2-3,9,11H2,1H3,(H,20,24)/t19-/m1/s1. The van der Waals surface area contributed by atoms with Gasteiger partial charge in [-0.2, -0.15) is 0 Å². The van der Waals surface area contributed by atoms with Gasteiger partial charge in [-0.05, 0) is 48.4 Å². The van der Waals surface area contributed by atoms with Gasteiger partial charge in [-0.1, -0.05) is 12.1 Å². The summed E-state index contributed by atoms with van der Waals surface area (Å²) in [5.41, 5.74) is 1.23. The van der Waals surface area contributed by atoms with Gasteiger partial charge in [0.15, 0.2) is 0 Å². The van der Waals surface area contributed by atoms with E-state index >= 15 is 0 Å². The average molecular weight is 370 g/mol. The van der Waals surface area contributed by atoms with Crippen LogP contribution in [0.3, 0.4) is 0 Å². The normalized spacial score (nSPS) is 21.7. The minimum atomic E-state index is -0.920. The summed E-state index contributed by atoms with van der Waals surface area (Å²) in [6, 6.07) is 8.31. The van der Waals surface area contributed by atoms with E-state index in [1.54, 1.807) is 35.6 Å².